The molecule has 1 N–H and O–H groups in total. The van der Waals surface area contributed by atoms with E-state index in [1.54, 1.807) is 11.3 Å². The summed E-state index contributed by atoms with van der Waals surface area (Å²) in [6, 6.07) is 16.3. The summed E-state index contributed by atoms with van der Waals surface area (Å²) in [7, 11) is 3.86. The minimum absolute atomic E-state index is 0.484. The first kappa shape index (κ1) is 16.6. The summed E-state index contributed by atoms with van der Waals surface area (Å²) in [6.45, 7) is 1.95. The van der Waals surface area contributed by atoms with Gasteiger partial charge in [0.1, 0.15) is 6.29 Å². The molecule has 0 spiro atoms. The highest BCUT2D eigenvalue weighted by molar-refractivity contribution is 7.22. The fourth-order valence-corrected chi connectivity index (χ4v) is 3.36. The van der Waals surface area contributed by atoms with E-state index in [1.165, 1.54) is 4.70 Å². The summed E-state index contributed by atoms with van der Waals surface area (Å²) in [5.41, 5.74) is 2.65. The van der Waals surface area contributed by atoms with Crippen molar-refractivity contribution in [3.05, 3.63) is 54.1 Å². The Hall–Kier alpha value is -2.24. The number of nitrogens with one attached hydrogen (secondary N) is 1. The molecule has 1 heterocycles. The number of aromatic nitrogens is 1. The molecule has 0 fully saturated rings. The Morgan fingerprint density at radius 1 is 1.17 bits per heavy atom. The molecule has 3 aromatic rings. The van der Waals surface area contributed by atoms with Crippen LogP contribution in [-0.2, 0) is 11.2 Å². The molecule has 2 aromatic carbocycles. The van der Waals surface area contributed by atoms with Crippen molar-refractivity contribution in [3.63, 3.8) is 0 Å². The molecule has 1 atom stereocenters. The van der Waals surface area contributed by atoms with Crippen LogP contribution < -0.4 is 5.32 Å². The van der Waals surface area contributed by atoms with Gasteiger partial charge in [-0.05, 0) is 57.3 Å². The van der Waals surface area contributed by atoms with Crippen molar-refractivity contribution in [1.82, 2.24) is 9.88 Å². The predicted octanol–water partition coefficient (Wildman–Crippen LogP) is 4.10. The third kappa shape index (κ3) is 3.47. The molecule has 0 saturated heterocycles. The summed E-state index contributed by atoms with van der Waals surface area (Å²) in [5, 5.41) is 4.23. The average Bonchev–Trinajstić information content (AvgIpc) is 2.98. The highest BCUT2D eigenvalue weighted by Gasteiger charge is 2.26. The lowest BCUT2D eigenvalue weighted by atomic mass is 9.93. The Kier molecular flexibility index (Phi) is 4.64. The molecule has 0 aliphatic rings. The van der Waals surface area contributed by atoms with Crippen molar-refractivity contribution in [3.8, 4) is 0 Å². The molecule has 124 valence electrons. The molecule has 0 aliphatic carbocycles. The van der Waals surface area contributed by atoms with Gasteiger partial charge in [0.2, 0.25) is 0 Å². The standard InChI is InChI=1S/C19H21N3OS/c1-19(13-23,22(2)3)12-14-8-10-15(11-9-14)20-18-21-16-6-4-5-7-17(16)24-18/h4-11,13H,12H2,1-3H3,(H,20,21). The Labute approximate surface area is 146 Å². The molecule has 0 amide bonds. The van der Waals surface area contributed by atoms with Gasteiger partial charge in [0.25, 0.3) is 0 Å². The number of hydrogen-bond donors (Lipinski definition) is 1. The Morgan fingerprint density at radius 3 is 2.50 bits per heavy atom. The number of benzene rings is 2. The normalized spacial score (nSPS) is 13.8. The molecule has 0 aliphatic heterocycles. The minimum Gasteiger partial charge on any atom is -0.332 e. The van der Waals surface area contributed by atoms with Gasteiger partial charge in [-0.3, -0.25) is 4.90 Å². The third-order valence-corrected chi connectivity index (χ3v) is 5.29. The quantitative estimate of drug-likeness (QED) is 0.687. The minimum atomic E-state index is -0.484. The molecule has 1 aromatic heterocycles. The number of aldehydes is 1. The van der Waals surface area contributed by atoms with Gasteiger partial charge in [-0.1, -0.05) is 35.6 Å². The number of hydrogen-bond acceptors (Lipinski definition) is 5. The Morgan fingerprint density at radius 2 is 1.88 bits per heavy atom. The zero-order valence-corrected chi connectivity index (χ0v) is 14.9. The number of para-hydroxylation sites is 1. The highest BCUT2D eigenvalue weighted by Crippen LogP contribution is 2.28. The fraction of sp³-hybridized carbons (Fsp3) is 0.263. The Bertz CT molecular complexity index is 808. The Balaban J connectivity index is 1.73. The van der Waals surface area contributed by atoms with Gasteiger partial charge in [-0.25, -0.2) is 4.98 Å². The van der Waals surface area contributed by atoms with E-state index in [4.69, 9.17) is 0 Å². The maximum absolute atomic E-state index is 11.4. The smallest absolute Gasteiger partial charge is 0.188 e. The van der Waals surface area contributed by atoms with Crippen molar-refractivity contribution >= 4 is 38.7 Å². The van der Waals surface area contributed by atoms with Gasteiger partial charge in [-0.15, -0.1) is 0 Å². The number of anilines is 2. The lowest BCUT2D eigenvalue weighted by Gasteiger charge is -2.31. The second-order valence-corrected chi connectivity index (χ2v) is 7.39. The van der Waals surface area contributed by atoms with E-state index < -0.39 is 5.54 Å². The second-order valence-electron chi connectivity index (χ2n) is 6.35. The largest absolute Gasteiger partial charge is 0.332 e. The zero-order chi connectivity index (χ0) is 17.2. The van der Waals surface area contributed by atoms with Gasteiger partial charge in [0, 0.05) is 5.69 Å². The molecule has 0 radical (unpaired) electrons. The third-order valence-electron chi connectivity index (χ3n) is 4.34. The number of carbonyl (C=O) groups excluding carboxylic acids is 1. The fourth-order valence-electron chi connectivity index (χ4n) is 2.47. The molecule has 1 unspecified atom stereocenters. The van der Waals surface area contributed by atoms with Crippen LogP contribution >= 0.6 is 11.3 Å². The topological polar surface area (TPSA) is 45.2 Å². The first-order chi connectivity index (χ1) is 11.5. The maximum Gasteiger partial charge on any atom is 0.188 e. The molecule has 0 bridgehead atoms. The molecular weight excluding hydrogens is 318 g/mol. The van der Waals surface area contributed by atoms with Crippen LogP contribution in [0, 0.1) is 0 Å². The first-order valence-electron chi connectivity index (χ1n) is 7.85. The summed E-state index contributed by atoms with van der Waals surface area (Å²) in [5.74, 6) is 0. The van der Waals surface area contributed by atoms with Gasteiger partial charge < -0.3 is 10.1 Å². The van der Waals surface area contributed by atoms with Crippen LogP contribution in [-0.4, -0.2) is 35.8 Å². The molecule has 24 heavy (non-hydrogen) atoms. The van der Waals surface area contributed by atoms with Crippen LogP contribution in [0.4, 0.5) is 10.8 Å². The van der Waals surface area contributed by atoms with Gasteiger partial charge in [0.15, 0.2) is 5.13 Å². The van der Waals surface area contributed by atoms with Crippen LogP contribution in [0.2, 0.25) is 0 Å². The van der Waals surface area contributed by atoms with E-state index in [1.807, 2.05) is 56.3 Å². The number of nitrogens with zero attached hydrogens (tertiary/aromatic N) is 2. The number of rotatable bonds is 6. The number of carbonyl (C=O) groups is 1. The van der Waals surface area contributed by atoms with Crippen molar-refractivity contribution in [2.75, 3.05) is 19.4 Å². The summed E-state index contributed by atoms with van der Waals surface area (Å²) in [6.07, 6.45) is 1.70. The van der Waals surface area contributed by atoms with Gasteiger partial charge >= 0.3 is 0 Å². The van der Waals surface area contributed by atoms with Crippen LogP contribution in [0.15, 0.2) is 48.5 Å². The predicted molar refractivity (Wildman–Crippen MR) is 101 cm³/mol. The number of likely N-dealkylation sites (N-methyl/N-ethyl adjacent to an activating group) is 1. The molecule has 5 heteroatoms. The molecule has 3 rings (SSSR count). The van der Waals surface area contributed by atoms with E-state index in [-0.39, 0.29) is 0 Å². The summed E-state index contributed by atoms with van der Waals surface area (Å²) < 4.78 is 1.17. The van der Waals surface area contributed by atoms with Crippen LogP contribution in [0.1, 0.15) is 12.5 Å². The highest BCUT2D eigenvalue weighted by atomic mass is 32.1. The lowest BCUT2D eigenvalue weighted by molar-refractivity contribution is -0.116. The van der Waals surface area contributed by atoms with E-state index in [0.29, 0.717) is 6.42 Å². The summed E-state index contributed by atoms with van der Waals surface area (Å²) in [4.78, 5) is 17.9. The van der Waals surface area contributed by atoms with Gasteiger partial charge in [-0.2, -0.15) is 0 Å². The van der Waals surface area contributed by atoms with Crippen LogP contribution in [0.3, 0.4) is 0 Å². The monoisotopic (exact) mass is 339 g/mol. The molecule has 4 nitrogen and oxygen atoms in total. The zero-order valence-electron chi connectivity index (χ0n) is 14.1. The van der Waals surface area contributed by atoms with E-state index in [9.17, 15) is 4.79 Å². The molecular formula is C19H21N3OS. The first-order valence-corrected chi connectivity index (χ1v) is 8.67. The van der Waals surface area contributed by atoms with Crippen LogP contribution in [0.5, 0.6) is 0 Å². The summed E-state index contributed by atoms with van der Waals surface area (Å²) >= 11 is 1.64. The average molecular weight is 339 g/mol. The maximum atomic E-state index is 11.4. The van der Waals surface area contributed by atoms with Crippen molar-refractivity contribution < 1.29 is 4.79 Å². The van der Waals surface area contributed by atoms with E-state index >= 15 is 0 Å². The van der Waals surface area contributed by atoms with Crippen molar-refractivity contribution in [2.24, 2.45) is 0 Å². The second kappa shape index (κ2) is 6.71. The van der Waals surface area contributed by atoms with E-state index in [2.05, 4.69) is 28.5 Å². The molecule has 0 saturated carbocycles. The number of fused-ring (bicyclic) bond motifs is 1. The van der Waals surface area contributed by atoms with Gasteiger partial charge in [0.05, 0.1) is 15.8 Å². The SMILES string of the molecule is CN(C)C(C)(C=O)Cc1ccc(Nc2nc3ccccc3s2)cc1. The van der Waals surface area contributed by atoms with Crippen molar-refractivity contribution in [2.45, 2.75) is 18.9 Å². The van der Waals surface area contributed by atoms with Crippen molar-refractivity contribution in [1.29, 1.82) is 0 Å². The van der Waals surface area contributed by atoms with E-state index in [0.717, 1.165) is 28.2 Å². The van der Waals surface area contributed by atoms with Crippen LogP contribution in [0.25, 0.3) is 10.2 Å². The number of thiazole rings is 1. The lowest BCUT2D eigenvalue weighted by Crippen LogP contribution is -2.44.